The first-order valence-corrected chi connectivity index (χ1v) is 7.63. The minimum Gasteiger partial charge on any atom is -0.396 e. The first-order valence-electron chi connectivity index (χ1n) is 6.46. The van der Waals surface area contributed by atoms with Crippen molar-refractivity contribution in [3.63, 3.8) is 0 Å². The number of aliphatic hydroxyl groups excluding tert-OH is 1. The van der Waals surface area contributed by atoms with Gasteiger partial charge in [-0.2, -0.15) is 0 Å². The molecule has 1 fully saturated rings. The first kappa shape index (κ1) is 14.8. The Morgan fingerprint density at radius 2 is 2.16 bits per heavy atom. The molecule has 2 rings (SSSR count). The van der Waals surface area contributed by atoms with Crippen molar-refractivity contribution in [3.05, 3.63) is 33.3 Å². The van der Waals surface area contributed by atoms with Crippen LogP contribution in [0.4, 0.5) is 0 Å². The van der Waals surface area contributed by atoms with Gasteiger partial charge in [0.25, 0.3) is 5.91 Å². The number of aliphatic hydroxyl groups is 1. The highest BCUT2D eigenvalue weighted by atomic mass is 79.9. The van der Waals surface area contributed by atoms with Gasteiger partial charge in [-0.1, -0.05) is 18.0 Å². The molecule has 0 aliphatic heterocycles. The summed E-state index contributed by atoms with van der Waals surface area (Å²) in [5.74, 6) is 0.628. The summed E-state index contributed by atoms with van der Waals surface area (Å²) in [6.07, 6.45) is 3.28. The lowest BCUT2D eigenvalue weighted by molar-refractivity contribution is 0.0937. The second kappa shape index (κ2) is 6.73. The standard InChI is InChI=1S/C14H17BrClNO2/c15-12-6-9(4-5-13(12)16)14(19)17-7-10-2-1-3-11(10)8-18/h4-6,10-11,18H,1-3,7-8H2,(H,17,19). The molecule has 1 aromatic carbocycles. The zero-order valence-electron chi connectivity index (χ0n) is 10.5. The molecule has 0 aromatic heterocycles. The van der Waals surface area contributed by atoms with Crippen LogP contribution in [0.15, 0.2) is 22.7 Å². The molecule has 2 atom stereocenters. The molecule has 1 aliphatic carbocycles. The van der Waals surface area contributed by atoms with Crippen LogP contribution in [0.2, 0.25) is 5.02 Å². The van der Waals surface area contributed by atoms with Gasteiger partial charge in [0, 0.05) is 23.2 Å². The fraction of sp³-hybridized carbons (Fsp3) is 0.500. The number of hydrogen-bond acceptors (Lipinski definition) is 2. The van der Waals surface area contributed by atoms with Gasteiger partial charge in [0.05, 0.1) is 5.02 Å². The molecule has 1 saturated carbocycles. The van der Waals surface area contributed by atoms with Gasteiger partial charge >= 0.3 is 0 Å². The maximum absolute atomic E-state index is 12.0. The molecule has 0 bridgehead atoms. The summed E-state index contributed by atoms with van der Waals surface area (Å²) < 4.78 is 0.718. The maximum Gasteiger partial charge on any atom is 0.251 e. The SMILES string of the molecule is O=C(NCC1CCCC1CO)c1ccc(Cl)c(Br)c1. The summed E-state index contributed by atoms with van der Waals surface area (Å²) >= 11 is 9.21. The third-order valence-electron chi connectivity index (χ3n) is 3.76. The molecule has 1 amide bonds. The van der Waals surface area contributed by atoms with Crippen LogP contribution in [0, 0.1) is 11.8 Å². The van der Waals surface area contributed by atoms with E-state index in [0.29, 0.717) is 29.0 Å². The van der Waals surface area contributed by atoms with E-state index in [0.717, 1.165) is 23.7 Å². The molecule has 3 nitrogen and oxygen atoms in total. The highest BCUT2D eigenvalue weighted by Crippen LogP contribution is 2.30. The van der Waals surface area contributed by atoms with Crippen molar-refractivity contribution in [1.82, 2.24) is 5.32 Å². The van der Waals surface area contributed by atoms with Crippen molar-refractivity contribution in [3.8, 4) is 0 Å². The van der Waals surface area contributed by atoms with Crippen LogP contribution in [0.1, 0.15) is 29.6 Å². The quantitative estimate of drug-likeness (QED) is 0.879. The summed E-state index contributed by atoms with van der Waals surface area (Å²) in [6, 6.07) is 5.13. The summed E-state index contributed by atoms with van der Waals surface area (Å²) in [5, 5.41) is 12.8. The Bertz CT molecular complexity index is 467. The zero-order chi connectivity index (χ0) is 13.8. The highest BCUT2D eigenvalue weighted by molar-refractivity contribution is 9.10. The molecule has 2 N–H and O–H groups in total. The molecular weight excluding hydrogens is 330 g/mol. The molecule has 0 radical (unpaired) electrons. The number of benzene rings is 1. The fourth-order valence-electron chi connectivity index (χ4n) is 2.59. The van der Waals surface area contributed by atoms with Crippen LogP contribution < -0.4 is 5.32 Å². The predicted molar refractivity (Wildman–Crippen MR) is 79.4 cm³/mol. The second-order valence-corrected chi connectivity index (χ2v) is 6.23. The van der Waals surface area contributed by atoms with Crippen LogP contribution in [0.3, 0.4) is 0 Å². The minimum absolute atomic E-state index is 0.0963. The van der Waals surface area contributed by atoms with Gasteiger partial charge in [0.1, 0.15) is 0 Å². The van der Waals surface area contributed by atoms with Crippen LogP contribution in [0.25, 0.3) is 0 Å². The summed E-state index contributed by atoms with van der Waals surface area (Å²) in [6.45, 7) is 0.845. The monoisotopic (exact) mass is 345 g/mol. The van der Waals surface area contributed by atoms with E-state index >= 15 is 0 Å². The van der Waals surface area contributed by atoms with Gasteiger partial charge in [-0.25, -0.2) is 0 Å². The largest absolute Gasteiger partial charge is 0.396 e. The summed E-state index contributed by atoms with van der Waals surface area (Å²) in [5.41, 5.74) is 0.592. The Kier molecular flexibility index (Phi) is 5.25. The molecule has 19 heavy (non-hydrogen) atoms. The van der Waals surface area contributed by atoms with Crippen LogP contribution in [0.5, 0.6) is 0 Å². The first-order chi connectivity index (χ1) is 9.11. The molecular formula is C14H17BrClNO2. The smallest absolute Gasteiger partial charge is 0.251 e. The number of hydrogen-bond donors (Lipinski definition) is 2. The van der Waals surface area contributed by atoms with E-state index in [-0.39, 0.29) is 12.5 Å². The van der Waals surface area contributed by atoms with E-state index in [1.54, 1.807) is 18.2 Å². The van der Waals surface area contributed by atoms with Gasteiger partial charge in [0.15, 0.2) is 0 Å². The van der Waals surface area contributed by atoms with Gasteiger partial charge in [-0.15, -0.1) is 0 Å². The summed E-state index contributed by atoms with van der Waals surface area (Å²) in [4.78, 5) is 12.0. The van der Waals surface area contributed by atoms with Crippen molar-refractivity contribution in [1.29, 1.82) is 0 Å². The predicted octanol–water partition coefficient (Wildman–Crippen LogP) is 3.24. The second-order valence-electron chi connectivity index (χ2n) is 4.97. The number of nitrogens with one attached hydrogen (secondary N) is 1. The summed E-state index contributed by atoms with van der Waals surface area (Å²) in [7, 11) is 0. The molecule has 0 heterocycles. The highest BCUT2D eigenvalue weighted by Gasteiger charge is 2.26. The Labute approximate surface area is 126 Å². The molecule has 0 saturated heterocycles. The number of carbonyl (C=O) groups is 1. The number of amides is 1. The van der Waals surface area contributed by atoms with E-state index in [4.69, 9.17) is 11.6 Å². The number of carbonyl (C=O) groups excluding carboxylic acids is 1. The topological polar surface area (TPSA) is 49.3 Å². The molecule has 2 unspecified atom stereocenters. The Morgan fingerprint density at radius 3 is 2.84 bits per heavy atom. The van der Waals surface area contributed by atoms with Crippen LogP contribution in [-0.4, -0.2) is 24.2 Å². The van der Waals surface area contributed by atoms with Gasteiger partial charge in [0.2, 0.25) is 0 Å². The Balaban J connectivity index is 1.92. The lowest BCUT2D eigenvalue weighted by Crippen LogP contribution is -2.31. The third-order valence-corrected chi connectivity index (χ3v) is 4.97. The number of rotatable bonds is 4. The molecule has 5 heteroatoms. The lowest BCUT2D eigenvalue weighted by atomic mass is 9.97. The average Bonchev–Trinajstić information content (AvgIpc) is 2.86. The van der Waals surface area contributed by atoms with Crippen LogP contribution in [-0.2, 0) is 0 Å². The third kappa shape index (κ3) is 3.71. The Hall–Kier alpha value is -0.580. The zero-order valence-corrected chi connectivity index (χ0v) is 12.9. The number of halogens is 2. The molecule has 1 aliphatic rings. The van der Waals surface area contributed by atoms with Gasteiger partial charge < -0.3 is 10.4 Å². The van der Waals surface area contributed by atoms with Crippen LogP contribution >= 0.6 is 27.5 Å². The van der Waals surface area contributed by atoms with E-state index in [1.165, 1.54) is 0 Å². The molecule has 0 spiro atoms. The van der Waals surface area contributed by atoms with E-state index in [1.807, 2.05) is 0 Å². The maximum atomic E-state index is 12.0. The van der Waals surface area contributed by atoms with Gasteiger partial charge in [-0.05, 0) is 58.8 Å². The average molecular weight is 347 g/mol. The van der Waals surface area contributed by atoms with Gasteiger partial charge in [-0.3, -0.25) is 4.79 Å². The normalized spacial score (nSPS) is 22.5. The van der Waals surface area contributed by atoms with E-state index in [2.05, 4.69) is 21.2 Å². The van der Waals surface area contributed by atoms with Crippen molar-refractivity contribution in [2.24, 2.45) is 11.8 Å². The lowest BCUT2D eigenvalue weighted by Gasteiger charge is -2.17. The van der Waals surface area contributed by atoms with Crippen molar-refractivity contribution < 1.29 is 9.90 Å². The van der Waals surface area contributed by atoms with E-state index in [9.17, 15) is 9.90 Å². The molecule has 1 aromatic rings. The van der Waals surface area contributed by atoms with Crippen molar-refractivity contribution >= 4 is 33.4 Å². The minimum atomic E-state index is -0.0963. The van der Waals surface area contributed by atoms with E-state index < -0.39 is 0 Å². The Morgan fingerprint density at radius 1 is 1.42 bits per heavy atom. The fourth-order valence-corrected chi connectivity index (χ4v) is 3.08. The van der Waals surface area contributed by atoms with Crippen molar-refractivity contribution in [2.75, 3.05) is 13.2 Å². The van der Waals surface area contributed by atoms with Crippen molar-refractivity contribution in [2.45, 2.75) is 19.3 Å². The molecule has 104 valence electrons.